The van der Waals surface area contributed by atoms with Gasteiger partial charge in [-0.3, -0.25) is 14.7 Å². The predicted octanol–water partition coefficient (Wildman–Crippen LogP) is 4.59. The summed E-state index contributed by atoms with van der Waals surface area (Å²) in [6.07, 6.45) is 6.11. The Hall–Kier alpha value is -4.99. The minimum absolute atomic E-state index is 0.320. The van der Waals surface area contributed by atoms with Crippen LogP contribution in [-0.4, -0.2) is 45.9 Å². The summed E-state index contributed by atoms with van der Waals surface area (Å²) in [4.78, 5) is 35.5. The summed E-state index contributed by atoms with van der Waals surface area (Å²) in [5, 5.41) is 7.99. The fourth-order valence-corrected chi connectivity index (χ4v) is 3.77. The normalized spacial score (nSPS) is 10.8. The van der Waals surface area contributed by atoms with Crippen molar-refractivity contribution in [3.8, 4) is 11.3 Å². The molecule has 0 spiro atoms. The van der Waals surface area contributed by atoms with Gasteiger partial charge in [0.1, 0.15) is 12.3 Å². The Balaban J connectivity index is 1.50. The first-order valence-electron chi connectivity index (χ1n) is 11.1. The summed E-state index contributed by atoms with van der Waals surface area (Å²) in [6.45, 7) is 0.371. The van der Waals surface area contributed by atoms with Crippen LogP contribution in [0.1, 0.15) is 16.1 Å². The fraction of sp³-hybridized carbons (Fsp3) is 0.115. The van der Waals surface area contributed by atoms with Gasteiger partial charge in [-0.2, -0.15) is 5.10 Å². The van der Waals surface area contributed by atoms with E-state index in [9.17, 15) is 9.59 Å². The van der Waals surface area contributed by atoms with E-state index < -0.39 is 6.09 Å². The molecule has 0 radical (unpaired) electrons. The van der Waals surface area contributed by atoms with Gasteiger partial charge in [0.25, 0.3) is 5.91 Å². The molecule has 0 atom stereocenters. The number of ether oxygens (including phenoxy) is 1. The third-order valence-corrected chi connectivity index (χ3v) is 5.66. The highest BCUT2D eigenvalue weighted by atomic mass is 16.5. The molecule has 1 aromatic carbocycles. The number of carbonyl (C=O) groups is 2. The van der Waals surface area contributed by atoms with E-state index in [0.29, 0.717) is 40.2 Å². The molecule has 4 aromatic heterocycles. The number of furan rings is 1. The van der Waals surface area contributed by atoms with E-state index in [1.54, 1.807) is 66.9 Å². The Labute approximate surface area is 206 Å². The number of anilines is 2. The topological polar surface area (TPSA) is 115 Å². The molecule has 1 N–H and O–H groups in total. The molecule has 0 aliphatic rings. The van der Waals surface area contributed by atoms with Crippen LogP contribution in [0, 0.1) is 0 Å². The van der Waals surface area contributed by atoms with Crippen LogP contribution < -0.4 is 10.2 Å². The highest BCUT2D eigenvalue weighted by Gasteiger charge is 2.19. The first-order chi connectivity index (χ1) is 17.5. The van der Waals surface area contributed by atoms with E-state index in [2.05, 4.69) is 15.4 Å². The van der Waals surface area contributed by atoms with Crippen LogP contribution in [0.2, 0.25) is 0 Å². The maximum absolute atomic E-state index is 13.4. The molecule has 10 nitrogen and oxygen atoms in total. The smallest absolute Gasteiger partial charge is 0.413 e. The van der Waals surface area contributed by atoms with Gasteiger partial charge in [-0.1, -0.05) is 0 Å². The zero-order chi connectivity index (χ0) is 25.1. The third kappa shape index (κ3) is 4.51. The number of hydrogen-bond acceptors (Lipinski definition) is 7. The number of aromatic nitrogens is 4. The minimum Gasteiger partial charge on any atom is -0.467 e. The largest absolute Gasteiger partial charge is 0.467 e. The van der Waals surface area contributed by atoms with Crippen molar-refractivity contribution < 1.29 is 18.7 Å². The molecule has 0 bridgehead atoms. The number of amides is 2. The van der Waals surface area contributed by atoms with Crippen molar-refractivity contribution in [2.45, 2.75) is 6.54 Å². The van der Waals surface area contributed by atoms with E-state index in [-0.39, 0.29) is 5.91 Å². The van der Waals surface area contributed by atoms with Gasteiger partial charge < -0.3 is 14.5 Å². The summed E-state index contributed by atoms with van der Waals surface area (Å²) in [5.41, 5.74) is 3.53. The second-order valence-corrected chi connectivity index (χ2v) is 7.95. The lowest BCUT2D eigenvalue weighted by molar-refractivity contribution is 0.102. The monoisotopic (exact) mass is 482 g/mol. The van der Waals surface area contributed by atoms with Crippen molar-refractivity contribution in [3.05, 3.63) is 90.8 Å². The van der Waals surface area contributed by atoms with Gasteiger partial charge in [0, 0.05) is 36.4 Å². The third-order valence-electron chi connectivity index (χ3n) is 5.66. The number of methoxy groups -OCH3 is 1. The quantitative estimate of drug-likeness (QED) is 0.376. The molecule has 180 valence electrons. The second-order valence-electron chi connectivity index (χ2n) is 7.95. The van der Waals surface area contributed by atoms with Crippen LogP contribution in [-0.2, 0) is 11.3 Å². The van der Waals surface area contributed by atoms with E-state index in [0.717, 1.165) is 11.3 Å². The maximum atomic E-state index is 13.4. The molecule has 0 aliphatic carbocycles. The Morgan fingerprint density at radius 2 is 1.94 bits per heavy atom. The molecule has 2 amide bonds. The summed E-state index contributed by atoms with van der Waals surface area (Å²) in [7, 11) is 2.92. The lowest BCUT2D eigenvalue weighted by Crippen LogP contribution is -2.25. The Kier molecular flexibility index (Phi) is 6.14. The van der Waals surface area contributed by atoms with Crippen molar-refractivity contribution in [3.63, 3.8) is 0 Å². The van der Waals surface area contributed by atoms with Crippen molar-refractivity contribution >= 4 is 34.4 Å². The van der Waals surface area contributed by atoms with Crippen LogP contribution >= 0.6 is 0 Å². The summed E-state index contributed by atoms with van der Waals surface area (Å²) >= 11 is 0. The van der Waals surface area contributed by atoms with Crippen LogP contribution in [0.4, 0.5) is 16.2 Å². The van der Waals surface area contributed by atoms with Crippen LogP contribution in [0.5, 0.6) is 0 Å². The van der Waals surface area contributed by atoms with Crippen molar-refractivity contribution in [1.29, 1.82) is 0 Å². The lowest BCUT2D eigenvalue weighted by atomic mass is 10.1. The first-order valence-corrected chi connectivity index (χ1v) is 11.1. The molecule has 0 aliphatic heterocycles. The molecule has 36 heavy (non-hydrogen) atoms. The van der Waals surface area contributed by atoms with Gasteiger partial charge in [0.05, 0.1) is 36.2 Å². The van der Waals surface area contributed by atoms with Crippen molar-refractivity contribution in [1.82, 2.24) is 19.7 Å². The number of nitrogens with one attached hydrogen (secondary N) is 1. The van der Waals surface area contributed by atoms with Gasteiger partial charge in [-0.05, 0) is 54.6 Å². The molecule has 0 saturated heterocycles. The number of carbonyl (C=O) groups excluding carboxylic acids is 2. The molecule has 10 heteroatoms. The second kappa shape index (κ2) is 9.71. The first kappa shape index (κ1) is 22.8. The maximum Gasteiger partial charge on any atom is 0.413 e. The summed E-state index contributed by atoms with van der Waals surface area (Å²) < 4.78 is 11.9. The molecule has 5 aromatic rings. The fourth-order valence-electron chi connectivity index (χ4n) is 3.77. The van der Waals surface area contributed by atoms with Crippen LogP contribution in [0.15, 0.2) is 83.9 Å². The molecular formula is C26H22N6O4. The zero-order valence-corrected chi connectivity index (χ0v) is 19.6. The van der Waals surface area contributed by atoms with Crippen LogP contribution in [0.3, 0.4) is 0 Å². The average molecular weight is 483 g/mol. The minimum atomic E-state index is -0.486. The van der Waals surface area contributed by atoms with Gasteiger partial charge in [-0.25, -0.2) is 14.5 Å². The molecule has 5 rings (SSSR count). The highest BCUT2D eigenvalue weighted by molar-refractivity contribution is 6.12. The zero-order valence-electron chi connectivity index (χ0n) is 19.6. The number of nitrogens with zero attached hydrogens (tertiary/aromatic N) is 5. The molecule has 0 fully saturated rings. The molecule has 0 unspecified atom stereocenters. The van der Waals surface area contributed by atoms with Crippen molar-refractivity contribution in [2.24, 2.45) is 0 Å². The number of pyridine rings is 2. The molecule has 4 heterocycles. The van der Waals surface area contributed by atoms with Gasteiger partial charge in [0.2, 0.25) is 0 Å². The number of hydrogen-bond donors (Lipinski definition) is 1. The van der Waals surface area contributed by atoms with Gasteiger partial charge in [-0.15, -0.1) is 0 Å². The number of fused-ring (bicyclic) bond motifs is 1. The van der Waals surface area contributed by atoms with Gasteiger partial charge >= 0.3 is 6.09 Å². The van der Waals surface area contributed by atoms with E-state index >= 15 is 0 Å². The van der Waals surface area contributed by atoms with Crippen molar-refractivity contribution in [2.75, 3.05) is 24.4 Å². The SMILES string of the molecule is COC(=O)N(C)c1ccc(NC(=O)c2cc(-c3cccnc3)nc3c2cnn3Cc2ccco2)cc1. The number of rotatable bonds is 6. The Morgan fingerprint density at radius 3 is 2.64 bits per heavy atom. The Bertz CT molecular complexity index is 1510. The Morgan fingerprint density at radius 1 is 1.11 bits per heavy atom. The molecule has 0 saturated carbocycles. The average Bonchev–Trinajstić information content (AvgIpc) is 3.58. The van der Waals surface area contributed by atoms with Gasteiger partial charge in [0.15, 0.2) is 5.65 Å². The van der Waals surface area contributed by atoms with E-state index in [1.807, 2.05) is 24.3 Å². The standard InChI is InChI=1S/C26H22N6O4/c1-31(26(34)35-2)19-9-7-18(8-10-19)29-25(33)21-13-23(17-5-3-11-27-14-17)30-24-22(21)15-28-32(24)16-20-6-4-12-36-20/h3-15H,16H2,1-2H3,(H,29,33). The number of benzene rings is 1. The predicted molar refractivity (Wildman–Crippen MR) is 134 cm³/mol. The summed E-state index contributed by atoms with van der Waals surface area (Å²) in [6, 6.07) is 16.0. The van der Waals surface area contributed by atoms with E-state index in [1.165, 1.54) is 12.0 Å². The lowest BCUT2D eigenvalue weighted by Gasteiger charge is -2.16. The summed E-state index contributed by atoms with van der Waals surface area (Å²) in [5.74, 6) is 0.399. The highest BCUT2D eigenvalue weighted by Crippen LogP contribution is 2.26. The molecular weight excluding hydrogens is 460 g/mol. The van der Waals surface area contributed by atoms with Crippen LogP contribution in [0.25, 0.3) is 22.3 Å². The van der Waals surface area contributed by atoms with E-state index in [4.69, 9.17) is 14.1 Å².